The molecular formula is C20H13F6N3O. The molecule has 2 heterocycles. The number of rotatable bonds is 4. The molecule has 0 aliphatic carbocycles. The standard InChI is InChI=1S/C20H13F6N3O/c21-19(22,23)14-7-5-12(6-8-14)16(29-18(30)13-3-1-9-27-11-13)17-15(20(24,25)26)4-2-10-28-17/h1-11,16H,(H,29,30). The number of alkyl halides is 6. The fourth-order valence-electron chi connectivity index (χ4n) is 2.77. The number of carbonyl (C=O) groups is 1. The minimum absolute atomic E-state index is 0.00411. The van der Waals surface area contributed by atoms with Crippen LogP contribution in [0.25, 0.3) is 0 Å². The second kappa shape index (κ2) is 8.13. The number of pyridine rings is 2. The Labute approximate surface area is 166 Å². The number of hydrogen-bond acceptors (Lipinski definition) is 3. The number of carbonyl (C=O) groups excluding carboxylic acids is 1. The third kappa shape index (κ3) is 4.76. The molecule has 30 heavy (non-hydrogen) atoms. The highest BCUT2D eigenvalue weighted by molar-refractivity contribution is 5.94. The average molecular weight is 425 g/mol. The third-order valence-corrected chi connectivity index (χ3v) is 4.19. The summed E-state index contributed by atoms with van der Waals surface area (Å²) in [6, 6.07) is 6.76. The molecule has 3 rings (SSSR count). The van der Waals surface area contributed by atoms with Gasteiger partial charge in [-0.15, -0.1) is 0 Å². The quantitative estimate of drug-likeness (QED) is 0.597. The van der Waals surface area contributed by atoms with Crippen LogP contribution in [0.3, 0.4) is 0 Å². The molecule has 0 aliphatic rings. The van der Waals surface area contributed by atoms with Gasteiger partial charge in [0, 0.05) is 18.6 Å². The molecule has 0 spiro atoms. The monoisotopic (exact) mass is 425 g/mol. The van der Waals surface area contributed by atoms with E-state index in [1.54, 1.807) is 0 Å². The predicted octanol–water partition coefficient (Wildman–Crippen LogP) is 5.03. The molecule has 0 saturated carbocycles. The maximum atomic E-state index is 13.5. The van der Waals surface area contributed by atoms with E-state index < -0.39 is 41.1 Å². The number of halogens is 6. The van der Waals surface area contributed by atoms with Crippen molar-refractivity contribution in [3.05, 3.63) is 95.1 Å². The van der Waals surface area contributed by atoms with Crippen molar-refractivity contribution in [1.82, 2.24) is 15.3 Å². The molecule has 1 amide bonds. The fourth-order valence-corrected chi connectivity index (χ4v) is 2.77. The zero-order valence-corrected chi connectivity index (χ0v) is 15.0. The van der Waals surface area contributed by atoms with E-state index >= 15 is 0 Å². The minimum Gasteiger partial charge on any atom is -0.339 e. The van der Waals surface area contributed by atoms with Crippen LogP contribution in [0.4, 0.5) is 26.3 Å². The highest BCUT2D eigenvalue weighted by Gasteiger charge is 2.37. The van der Waals surface area contributed by atoms with Gasteiger partial charge in [0.05, 0.1) is 28.4 Å². The first-order valence-corrected chi connectivity index (χ1v) is 8.47. The van der Waals surface area contributed by atoms with E-state index in [9.17, 15) is 31.1 Å². The summed E-state index contributed by atoms with van der Waals surface area (Å²) in [7, 11) is 0. The maximum Gasteiger partial charge on any atom is 0.418 e. The number of hydrogen-bond donors (Lipinski definition) is 1. The minimum atomic E-state index is -4.78. The van der Waals surface area contributed by atoms with Crippen LogP contribution in [-0.4, -0.2) is 15.9 Å². The molecule has 156 valence electrons. The highest BCUT2D eigenvalue weighted by atomic mass is 19.4. The van der Waals surface area contributed by atoms with Crippen LogP contribution in [0, 0.1) is 0 Å². The lowest BCUT2D eigenvalue weighted by molar-refractivity contribution is -0.139. The zero-order valence-electron chi connectivity index (χ0n) is 15.0. The summed E-state index contributed by atoms with van der Waals surface area (Å²) in [5.74, 6) is -0.758. The molecule has 0 bridgehead atoms. The molecule has 0 fully saturated rings. The van der Waals surface area contributed by atoms with Crippen LogP contribution in [-0.2, 0) is 12.4 Å². The van der Waals surface area contributed by atoms with Gasteiger partial charge in [-0.05, 0) is 42.0 Å². The number of benzene rings is 1. The van der Waals surface area contributed by atoms with E-state index in [1.807, 2.05) is 0 Å². The second-order valence-electron chi connectivity index (χ2n) is 6.20. The van der Waals surface area contributed by atoms with E-state index in [2.05, 4.69) is 15.3 Å². The van der Waals surface area contributed by atoms with Crippen molar-refractivity contribution in [3.8, 4) is 0 Å². The van der Waals surface area contributed by atoms with Crippen LogP contribution in [0.15, 0.2) is 67.1 Å². The van der Waals surface area contributed by atoms with Crippen LogP contribution in [0.2, 0.25) is 0 Å². The summed E-state index contributed by atoms with van der Waals surface area (Å²) >= 11 is 0. The lowest BCUT2D eigenvalue weighted by atomic mass is 9.97. The number of aromatic nitrogens is 2. The Morgan fingerprint density at radius 3 is 2.10 bits per heavy atom. The van der Waals surface area contributed by atoms with Crippen LogP contribution in [0.1, 0.15) is 38.8 Å². The summed E-state index contributed by atoms with van der Waals surface area (Å²) in [4.78, 5) is 20.1. The van der Waals surface area contributed by atoms with Crippen molar-refractivity contribution in [2.75, 3.05) is 0 Å². The first kappa shape index (κ1) is 21.3. The zero-order chi connectivity index (χ0) is 21.9. The van der Waals surface area contributed by atoms with Gasteiger partial charge in [-0.3, -0.25) is 14.8 Å². The van der Waals surface area contributed by atoms with Crippen molar-refractivity contribution >= 4 is 5.91 Å². The smallest absolute Gasteiger partial charge is 0.339 e. The summed E-state index contributed by atoms with van der Waals surface area (Å²) in [6.45, 7) is 0. The molecule has 1 unspecified atom stereocenters. The predicted molar refractivity (Wildman–Crippen MR) is 94.2 cm³/mol. The lowest BCUT2D eigenvalue weighted by Gasteiger charge is -2.22. The number of amides is 1. The fraction of sp³-hybridized carbons (Fsp3) is 0.150. The number of nitrogens with one attached hydrogen (secondary N) is 1. The Bertz CT molecular complexity index is 1020. The van der Waals surface area contributed by atoms with Crippen molar-refractivity contribution < 1.29 is 31.1 Å². The molecule has 1 aromatic carbocycles. The maximum absolute atomic E-state index is 13.5. The Balaban J connectivity index is 2.07. The summed E-state index contributed by atoms with van der Waals surface area (Å²) < 4.78 is 79.1. The van der Waals surface area contributed by atoms with Gasteiger partial charge >= 0.3 is 12.4 Å². The van der Waals surface area contributed by atoms with Gasteiger partial charge in [0.25, 0.3) is 5.91 Å². The molecule has 0 radical (unpaired) electrons. The van der Waals surface area contributed by atoms with Gasteiger partial charge < -0.3 is 5.32 Å². The Morgan fingerprint density at radius 1 is 0.867 bits per heavy atom. The number of nitrogens with zero attached hydrogens (tertiary/aromatic N) is 2. The van der Waals surface area contributed by atoms with Crippen LogP contribution >= 0.6 is 0 Å². The third-order valence-electron chi connectivity index (χ3n) is 4.19. The van der Waals surface area contributed by atoms with E-state index in [4.69, 9.17) is 0 Å². The first-order chi connectivity index (χ1) is 14.1. The van der Waals surface area contributed by atoms with Crippen LogP contribution < -0.4 is 5.32 Å². The summed E-state index contributed by atoms with van der Waals surface area (Å²) in [5.41, 5.74) is -2.55. The molecule has 0 saturated heterocycles. The Kier molecular flexibility index (Phi) is 5.77. The molecule has 1 N–H and O–H groups in total. The molecule has 4 nitrogen and oxygen atoms in total. The first-order valence-electron chi connectivity index (χ1n) is 8.47. The molecule has 3 aromatic rings. The lowest BCUT2D eigenvalue weighted by Crippen LogP contribution is -2.31. The van der Waals surface area contributed by atoms with Gasteiger partial charge in [-0.1, -0.05) is 12.1 Å². The topological polar surface area (TPSA) is 54.9 Å². The van der Waals surface area contributed by atoms with E-state index in [1.165, 1.54) is 24.5 Å². The SMILES string of the molecule is O=C(NC(c1ccc(C(F)(F)F)cc1)c1ncccc1C(F)(F)F)c1cccnc1. The van der Waals surface area contributed by atoms with Gasteiger partial charge in [-0.25, -0.2) is 0 Å². The summed E-state index contributed by atoms with van der Waals surface area (Å²) in [6.07, 6.45) is -5.67. The normalized spacial score (nSPS) is 13.0. The Morgan fingerprint density at radius 2 is 1.53 bits per heavy atom. The van der Waals surface area contributed by atoms with E-state index in [-0.39, 0.29) is 11.1 Å². The molecule has 10 heteroatoms. The van der Waals surface area contributed by atoms with Crippen molar-refractivity contribution in [3.63, 3.8) is 0 Å². The second-order valence-corrected chi connectivity index (χ2v) is 6.20. The molecule has 1 atom stereocenters. The van der Waals surface area contributed by atoms with Crippen molar-refractivity contribution in [2.24, 2.45) is 0 Å². The Hall–Kier alpha value is -3.43. The largest absolute Gasteiger partial charge is 0.418 e. The molecular weight excluding hydrogens is 412 g/mol. The summed E-state index contributed by atoms with van der Waals surface area (Å²) in [5, 5.41) is 2.41. The van der Waals surface area contributed by atoms with Gasteiger partial charge in [0.2, 0.25) is 0 Å². The molecule has 0 aliphatic heterocycles. The van der Waals surface area contributed by atoms with Gasteiger partial charge in [0.15, 0.2) is 0 Å². The van der Waals surface area contributed by atoms with Crippen LogP contribution in [0.5, 0.6) is 0 Å². The average Bonchev–Trinajstić information content (AvgIpc) is 2.71. The van der Waals surface area contributed by atoms with Gasteiger partial charge in [-0.2, -0.15) is 26.3 Å². The van der Waals surface area contributed by atoms with Crippen molar-refractivity contribution in [1.29, 1.82) is 0 Å². The highest BCUT2D eigenvalue weighted by Crippen LogP contribution is 2.36. The van der Waals surface area contributed by atoms with Gasteiger partial charge in [0.1, 0.15) is 0 Å². The molecule has 2 aromatic heterocycles. The van der Waals surface area contributed by atoms with E-state index in [0.29, 0.717) is 0 Å². The van der Waals surface area contributed by atoms with E-state index in [0.717, 1.165) is 42.6 Å². The van der Waals surface area contributed by atoms with Crippen molar-refractivity contribution in [2.45, 2.75) is 18.4 Å².